The Labute approximate surface area is 86.6 Å². The first-order valence-corrected chi connectivity index (χ1v) is 5.18. The maximum absolute atomic E-state index is 11.0. The van der Waals surface area contributed by atoms with Crippen LogP contribution < -0.4 is 5.32 Å². The van der Waals surface area contributed by atoms with Crippen molar-refractivity contribution < 1.29 is 9.53 Å². The summed E-state index contributed by atoms with van der Waals surface area (Å²) in [6.45, 7) is 4.74. The number of esters is 1. The summed E-state index contributed by atoms with van der Waals surface area (Å²) in [5.74, 6) is -0.156. The number of hydrogen-bond acceptors (Lipinski definition) is 4. The Bertz CT molecular complexity index is 149. The molecule has 0 aromatic rings. The zero-order chi connectivity index (χ0) is 10.8. The molecule has 0 rings (SSSR count). The lowest BCUT2D eigenvalue weighted by Gasteiger charge is -2.09. The van der Waals surface area contributed by atoms with Crippen molar-refractivity contribution in [3.8, 4) is 0 Å². The molecular weight excluding hydrogens is 180 g/mol. The Morgan fingerprint density at radius 3 is 2.71 bits per heavy atom. The molecule has 1 N–H and O–H groups in total. The molecule has 0 fully saturated rings. The Balaban J connectivity index is 3.15. The van der Waals surface area contributed by atoms with Gasteiger partial charge in [0, 0.05) is 0 Å². The van der Waals surface area contributed by atoms with E-state index < -0.39 is 0 Å². The predicted octanol–water partition coefficient (Wildman–Crippen LogP) is 0.481. The van der Waals surface area contributed by atoms with Gasteiger partial charge in [-0.05, 0) is 40.0 Å². The van der Waals surface area contributed by atoms with Gasteiger partial charge in [-0.15, -0.1) is 0 Å². The minimum atomic E-state index is -0.156. The van der Waals surface area contributed by atoms with Crippen molar-refractivity contribution in [2.24, 2.45) is 0 Å². The van der Waals surface area contributed by atoms with Crippen LogP contribution in [0.15, 0.2) is 0 Å². The summed E-state index contributed by atoms with van der Waals surface area (Å²) in [6.07, 6.45) is 1.93. The monoisotopic (exact) mass is 202 g/mol. The van der Waals surface area contributed by atoms with Crippen molar-refractivity contribution in [1.82, 2.24) is 10.2 Å². The lowest BCUT2D eigenvalue weighted by molar-refractivity contribution is -0.142. The first-order chi connectivity index (χ1) is 6.66. The number of carbonyl (C=O) groups excluding carboxylic acids is 1. The predicted molar refractivity (Wildman–Crippen MR) is 57.3 cm³/mol. The Hall–Kier alpha value is -0.610. The van der Waals surface area contributed by atoms with E-state index in [4.69, 9.17) is 4.74 Å². The molecule has 0 unspecified atom stereocenters. The second-order valence-electron chi connectivity index (χ2n) is 3.55. The number of rotatable bonds is 8. The summed E-state index contributed by atoms with van der Waals surface area (Å²) in [7, 11) is 4.07. The van der Waals surface area contributed by atoms with E-state index in [0.717, 1.165) is 25.9 Å². The maximum atomic E-state index is 11.0. The molecule has 0 atom stereocenters. The summed E-state index contributed by atoms with van der Waals surface area (Å²) in [5.41, 5.74) is 0. The standard InChI is InChI=1S/C10H22N2O2/c1-4-8-14-10(13)9-11-6-5-7-12(2)3/h11H,4-9H2,1-3H3. The number of nitrogens with zero attached hydrogens (tertiary/aromatic N) is 1. The van der Waals surface area contributed by atoms with Crippen molar-refractivity contribution in [2.45, 2.75) is 19.8 Å². The van der Waals surface area contributed by atoms with Gasteiger partial charge in [0.25, 0.3) is 0 Å². The summed E-state index contributed by atoms with van der Waals surface area (Å²) < 4.78 is 4.91. The molecule has 0 heterocycles. The molecule has 4 nitrogen and oxygen atoms in total. The number of hydrogen-bond donors (Lipinski definition) is 1. The molecule has 0 aliphatic heterocycles. The molecule has 0 aromatic heterocycles. The van der Waals surface area contributed by atoms with Crippen LogP contribution in [0.2, 0.25) is 0 Å². The zero-order valence-electron chi connectivity index (χ0n) is 9.51. The fourth-order valence-corrected chi connectivity index (χ4v) is 0.978. The summed E-state index contributed by atoms with van der Waals surface area (Å²) in [6, 6.07) is 0. The van der Waals surface area contributed by atoms with Crippen LogP contribution >= 0.6 is 0 Å². The molecule has 14 heavy (non-hydrogen) atoms. The molecule has 0 aliphatic carbocycles. The summed E-state index contributed by atoms with van der Waals surface area (Å²) >= 11 is 0. The van der Waals surface area contributed by atoms with Crippen LogP contribution in [-0.4, -0.2) is 51.2 Å². The van der Waals surface area contributed by atoms with Crippen molar-refractivity contribution >= 4 is 5.97 Å². The van der Waals surface area contributed by atoms with Gasteiger partial charge in [-0.1, -0.05) is 6.92 Å². The van der Waals surface area contributed by atoms with Gasteiger partial charge in [-0.3, -0.25) is 4.79 Å². The average Bonchev–Trinajstić information content (AvgIpc) is 2.13. The van der Waals surface area contributed by atoms with Crippen molar-refractivity contribution in [1.29, 1.82) is 0 Å². The molecule has 0 aromatic carbocycles. The molecule has 0 radical (unpaired) electrons. The minimum Gasteiger partial charge on any atom is -0.465 e. The van der Waals surface area contributed by atoms with E-state index in [1.165, 1.54) is 0 Å². The van der Waals surface area contributed by atoms with E-state index in [2.05, 4.69) is 10.2 Å². The van der Waals surface area contributed by atoms with E-state index in [0.29, 0.717) is 13.2 Å². The van der Waals surface area contributed by atoms with Crippen LogP contribution in [0.1, 0.15) is 19.8 Å². The van der Waals surface area contributed by atoms with Crippen LogP contribution in [0, 0.1) is 0 Å². The third-order valence-electron chi connectivity index (χ3n) is 1.70. The second-order valence-corrected chi connectivity index (χ2v) is 3.55. The van der Waals surface area contributed by atoms with Gasteiger partial charge >= 0.3 is 5.97 Å². The quantitative estimate of drug-likeness (QED) is 0.459. The first kappa shape index (κ1) is 13.4. The lowest BCUT2D eigenvalue weighted by atomic mass is 10.4. The molecule has 84 valence electrons. The second kappa shape index (κ2) is 8.97. The average molecular weight is 202 g/mol. The minimum absolute atomic E-state index is 0.156. The van der Waals surface area contributed by atoms with Crippen LogP contribution in [0.4, 0.5) is 0 Å². The molecule has 0 saturated carbocycles. The van der Waals surface area contributed by atoms with Gasteiger partial charge in [0.1, 0.15) is 0 Å². The van der Waals surface area contributed by atoms with E-state index >= 15 is 0 Å². The Kier molecular flexibility index (Phi) is 8.57. The Morgan fingerprint density at radius 1 is 1.43 bits per heavy atom. The third-order valence-corrected chi connectivity index (χ3v) is 1.70. The van der Waals surface area contributed by atoms with E-state index in [1.807, 2.05) is 21.0 Å². The number of nitrogens with one attached hydrogen (secondary N) is 1. The molecule has 4 heteroatoms. The lowest BCUT2D eigenvalue weighted by Crippen LogP contribution is -2.27. The highest BCUT2D eigenvalue weighted by molar-refractivity contribution is 5.71. The molecule has 0 spiro atoms. The number of ether oxygens (including phenoxy) is 1. The smallest absolute Gasteiger partial charge is 0.319 e. The SMILES string of the molecule is CCCOC(=O)CNCCCN(C)C. The summed E-state index contributed by atoms with van der Waals surface area (Å²) in [5, 5.41) is 3.05. The Morgan fingerprint density at radius 2 is 2.14 bits per heavy atom. The van der Waals surface area contributed by atoms with Crippen LogP contribution in [0.5, 0.6) is 0 Å². The van der Waals surface area contributed by atoms with Crippen molar-refractivity contribution in [3.63, 3.8) is 0 Å². The van der Waals surface area contributed by atoms with Gasteiger partial charge in [0.2, 0.25) is 0 Å². The van der Waals surface area contributed by atoms with Crippen molar-refractivity contribution in [3.05, 3.63) is 0 Å². The van der Waals surface area contributed by atoms with Crippen LogP contribution in [0.3, 0.4) is 0 Å². The third kappa shape index (κ3) is 9.48. The van der Waals surface area contributed by atoms with Gasteiger partial charge in [0.05, 0.1) is 13.2 Å². The summed E-state index contributed by atoms with van der Waals surface area (Å²) in [4.78, 5) is 13.1. The van der Waals surface area contributed by atoms with Gasteiger partial charge < -0.3 is 15.0 Å². The topological polar surface area (TPSA) is 41.6 Å². The largest absolute Gasteiger partial charge is 0.465 e. The molecule has 0 amide bonds. The molecular formula is C10H22N2O2. The van der Waals surface area contributed by atoms with Crippen molar-refractivity contribution in [2.75, 3.05) is 40.3 Å². The van der Waals surface area contributed by atoms with Gasteiger partial charge in [-0.2, -0.15) is 0 Å². The van der Waals surface area contributed by atoms with E-state index in [9.17, 15) is 4.79 Å². The zero-order valence-corrected chi connectivity index (χ0v) is 9.51. The first-order valence-electron chi connectivity index (χ1n) is 5.18. The highest BCUT2D eigenvalue weighted by Gasteiger charge is 2.00. The normalized spacial score (nSPS) is 10.6. The van der Waals surface area contributed by atoms with E-state index in [-0.39, 0.29) is 5.97 Å². The highest BCUT2D eigenvalue weighted by Crippen LogP contribution is 1.83. The van der Waals surface area contributed by atoms with Crippen LogP contribution in [0.25, 0.3) is 0 Å². The van der Waals surface area contributed by atoms with Gasteiger partial charge in [-0.25, -0.2) is 0 Å². The maximum Gasteiger partial charge on any atom is 0.319 e. The molecule has 0 saturated heterocycles. The fraction of sp³-hybridized carbons (Fsp3) is 0.900. The molecule has 0 aliphatic rings. The van der Waals surface area contributed by atoms with Crippen LogP contribution in [-0.2, 0) is 9.53 Å². The highest BCUT2D eigenvalue weighted by atomic mass is 16.5. The fourth-order valence-electron chi connectivity index (χ4n) is 0.978. The number of carbonyl (C=O) groups is 1. The van der Waals surface area contributed by atoms with Gasteiger partial charge in [0.15, 0.2) is 0 Å². The molecule has 0 bridgehead atoms. The van der Waals surface area contributed by atoms with E-state index in [1.54, 1.807) is 0 Å².